The molecule has 0 bridgehead atoms. The molecule has 0 aliphatic heterocycles. The summed E-state index contributed by atoms with van der Waals surface area (Å²) in [5.41, 5.74) is 0.704. The summed E-state index contributed by atoms with van der Waals surface area (Å²) in [4.78, 5) is 8.33. The summed E-state index contributed by atoms with van der Waals surface area (Å²) in [5, 5.41) is 4.89. The topological polar surface area (TPSA) is 71.3 Å². The first-order chi connectivity index (χ1) is 10.2. The molecule has 0 fully saturated rings. The summed E-state index contributed by atoms with van der Waals surface area (Å²) in [6, 6.07) is 5.28. The normalized spacial score (nSPS) is 10.6. The molecule has 2 aromatic heterocycles. The van der Waals surface area contributed by atoms with Crippen LogP contribution in [-0.4, -0.2) is 34.0 Å². The highest BCUT2D eigenvalue weighted by atomic mass is 16.5. The van der Waals surface area contributed by atoms with Gasteiger partial charge in [0.05, 0.1) is 20.4 Å². The van der Waals surface area contributed by atoms with E-state index in [1.165, 1.54) is 6.33 Å². The third kappa shape index (κ3) is 2.45. The zero-order chi connectivity index (χ0) is 14.8. The van der Waals surface area contributed by atoms with Crippen LogP contribution in [0.25, 0.3) is 11.0 Å². The maximum atomic E-state index is 5.83. The van der Waals surface area contributed by atoms with Crippen molar-refractivity contribution in [3.63, 3.8) is 0 Å². The number of hydrogen-bond acceptors (Lipinski definition) is 6. The van der Waals surface area contributed by atoms with E-state index in [4.69, 9.17) is 14.2 Å². The van der Waals surface area contributed by atoms with E-state index in [1.807, 2.05) is 7.05 Å². The monoisotopic (exact) mass is 286 g/mol. The maximum absolute atomic E-state index is 5.83. The van der Waals surface area contributed by atoms with Gasteiger partial charge in [-0.2, -0.15) is 5.10 Å². The molecule has 21 heavy (non-hydrogen) atoms. The first-order valence-corrected chi connectivity index (χ1v) is 6.25. The van der Waals surface area contributed by atoms with Gasteiger partial charge in [-0.1, -0.05) is 0 Å². The number of methoxy groups -OCH3 is 2. The fourth-order valence-electron chi connectivity index (χ4n) is 1.97. The van der Waals surface area contributed by atoms with Crippen LogP contribution in [0, 0.1) is 0 Å². The van der Waals surface area contributed by atoms with Crippen molar-refractivity contribution in [3.8, 4) is 23.1 Å². The lowest BCUT2D eigenvalue weighted by Gasteiger charge is -2.09. The maximum Gasteiger partial charge on any atom is 0.233 e. The second kappa shape index (κ2) is 5.28. The minimum atomic E-state index is 0.434. The number of benzene rings is 1. The third-order valence-corrected chi connectivity index (χ3v) is 3.03. The van der Waals surface area contributed by atoms with Gasteiger partial charge in [0.25, 0.3) is 0 Å². The summed E-state index contributed by atoms with van der Waals surface area (Å²) < 4.78 is 17.9. The number of aromatic nitrogens is 4. The van der Waals surface area contributed by atoms with Crippen LogP contribution in [0.2, 0.25) is 0 Å². The highest BCUT2D eigenvalue weighted by Gasteiger charge is 2.11. The van der Waals surface area contributed by atoms with Gasteiger partial charge in [-0.3, -0.25) is 4.68 Å². The van der Waals surface area contributed by atoms with Gasteiger partial charge in [-0.05, 0) is 0 Å². The van der Waals surface area contributed by atoms with E-state index >= 15 is 0 Å². The zero-order valence-corrected chi connectivity index (χ0v) is 11.9. The minimum absolute atomic E-state index is 0.434. The molecule has 0 aliphatic rings. The molecule has 0 N–H and O–H groups in total. The van der Waals surface area contributed by atoms with E-state index in [9.17, 15) is 0 Å². The standard InChI is InChI=1S/C14H14N4O3/c1-18-13-12(7-17-18)14(16-8-15-13)21-11-5-9(19-2)4-10(6-11)20-3/h4-8H,1-3H3. The molecule has 0 spiro atoms. The smallest absolute Gasteiger partial charge is 0.233 e. The molecule has 7 heteroatoms. The van der Waals surface area contributed by atoms with Crippen LogP contribution in [0.3, 0.4) is 0 Å². The van der Waals surface area contributed by atoms with E-state index in [0.29, 0.717) is 28.8 Å². The van der Waals surface area contributed by atoms with E-state index < -0.39 is 0 Å². The SMILES string of the molecule is COc1cc(OC)cc(Oc2ncnc3c2cnn3C)c1. The Morgan fingerprint density at radius 3 is 2.29 bits per heavy atom. The van der Waals surface area contributed by atoms with Crippen molar-refractivity contribution in [2.45, 2.75) is 0 Å². The number of nitrogens with zero attached hydrogens (tertiary/aromatic N) is 4. The third-order valence-electron chi connectivity index (χ3n) is 3.03. The molecule has 0 radical (unpaired) electrons. The van der Waals surface area contributed by atoms with Crippen LogP contribution in [0.15, 0.2) is 30.7 Å². The summed E-state index contributed by atoms with van der Waals surface area (Å²) in [7, 11) is 4.98. The predicted molar refractivity (Wildman–Crippen MR) is 75.9 cm³/mol. The van der Waals surface area contributed by atoms with Gasteiger partial charge in [-0.15, -0.1) is 0 Å². The molecular weight excluding hydrogens is 272 g/mol. The average Bonchev–Trinajstić information content (AvgIpc) is 2.89. The van der Waals surface area contributed by atoms with Gasteiger partial charge < -0.3 is 14.2 Å². The largest absolute Gasteiger partial charge is 0.496 e. The number of ether oxygens (including phenoxy) is 3. The summed E-state index contributed by atoms with van der Waals surface area (Å²) >= 11 is 0. The quantitative estimate of drug-likeness (QED) is 0.732. The lowest BCUT2D eigenvalue weighted by Crippen LogP contribution is -1.95. The Hall–Kier alpha value is -2.83. The van der Waals surface area contributed by atoms with Crippen LogP contribution < -0.4 is 14.2 Å². The van der Waals surface area contributed by atoms with Crippen LogP contribution >= 0.6 is 0 Å². The van der Waals surface area contributed by atoms with Crippen molar-refractivity contribution in [3.05, 3.63) is 30.7 Å². The fourth-order valence-corrected chi connectivity index (χ4v) is 1.97. The number of rotatable bonds is 4. The van der Waals surface area contributed by atoms with Crippen molar-refractivity contribution < 1.29 is 14.2 Å². The number of fused-ring (bicyclic) bond motifs is 1. The van der Waals surface area contributed by atoms with Gasteiger partial charge in [0.2, 0.25) is 5.88 Å². The Labute approximate surface area is 121 Å². The Balaban J connectivity index is 2.02. The van der Waals surface area contributed by atoms with Crippen LogP contribution in [-0.2, 0) is 7.05 Å². The highest BCUT2D eigenvalue weighted by molar-refractivity contribution is 5.79. The Bertz CT molecular complexity index is 763. The molecule has 3 rings (SSSR count). The van der Waals surface area contributed by atoms with Crippen molar-refractivity contribution in [1.82, 2.24) is 19.7 Å². The van der Waals surface area contributed by atoms with E-state index in [1.54, 1.807) is 43.3 Å². The molecule has 0 aliphatic carbocycles. The van der Waals surface area contributed by atoms with Gasteiger partial charge in [0, 0.05) is 25.2 Å². The Kier molecular flexibility index (Phi) is 3.31. The van der Waals surface area contributed by atoms with E-state index in [-0.39, 0.29) is 0 Å². The molecule has 0 amide bonds. The Morgan fingerprint density at radius 1 is 0.952 bits per heavy atom. The molecule has 1 aromatic carbocycles. The number of hydrogen-bond donors (Lipinski definition) is 0. The molecule has 0 saturated heterocycles. The second-order valence-electron chi connectivity index (χ2n) is 4.33. The van der Waals surface area contributed by atoms with Gasteiger partial charge in [-0.25, -0.2) is 9.97 Å². The fraction of sp³-hybridized carbons (Fsp3) is 0.214. The average molecular weight is 286 g/mol. The minimum Gasteiger partial charge on any atom is -0.496 e. The Morgan fingerprint density at radius 2 is 1.62 bits per heavy atom. The molecule has 0 saturated carbocycles. The van der Waals surface area contributed by atoms with Crippen molar-refractivity contribution in [2.75, 3.05) is 14.2 Å². The van der Waals surface area contributed by atoms with E-state index in [0.717, 1.165) is 5.39 Å². The molecule has 0 atom stereocenters. The van der Waals surface area contributed by atoms with Crippen molar-refractivity contribution in [2.24, 2.45) is 7.05 Å². The first-order valence-electron chi connectivity index (χ1n) is 6.25. The lowest BCUT2D eigenvalue weighted by molar-refractivity contribution is 0.385. The van der Waals surface area contributed by atoms with Gasteiger partial charge in [0.1, 0.15) is 29.0 Å². The first kappa shape index (κ1) is 13.2. The molecule has 7 nitrogen and oxygen atoms in total. The summed E-state index contributed by atoms with van der Waals surface area (Å²) in [5.74, 6) is 2.28. The molecule has 2 heterocycles. The van der Waals surface area contributed by atoms with Crippen molar-refractivity contribution >= 4 is 11.0 Å². The lowest BCUT2D eigenvalue weighted by atomic mass is 10.3. The van der Waals surface area contributed by atoms with Crippen LogP contribution in [0.5, 0.6) is 23.1 Å². The van der Waals surface area contributed by atoms with Crippen molar-refractivity contribution in [1.29, 1.82) is 0 Å². The summed E-state index contributed by atoms with van der Waals surface area (Å²) in [6.45, 7) is 0. The predicted octanol–water partition coefficient (Wildman–Crippen LogP) is 2.17. The molecule has 0 unspecified atom stereocenters. The molecular formula is C14H14N4O3. The highest BCUT2D eigenvalue weighted by Crippen LogP contribution is 2.32. The van der Waals surface area contributed by atoms with Gasteiger partial charge >= 0.3 is 0 Å². The molecule has 3 aromatic rings. The second-order valence-corrected chi connectivity index (χ2v) is 4.33. The van der Waals surface area contributed by atoms with Crippen LogP contribution in [0.1, 0.15) is 0 Å². The summed E-state index contributed by atoms with van der Waals surface area (Å²) in [6.07, 6.45) is 3.11. The van der Waals surface area contributed by atoms with Crippen LogP contribution in [0.4, 0.5) is 0 Å². The van der Waals surface area contributed by atoms with E-state index in [2.05, 4.69) is 15.1 Å². The number of aryl methyl sites for hydroxylation is 1. The zero-order valence-electron chi connectivity index (χ0n) is 11.9. The molecule has 108 valence electrons. The van der Waals surface area contributed by atoms with Gasteiger partial charge in [0.15, 0.2) is 5.65 Å².